The summed E-state index contributed by atoms with van der Waals surface area (Å²) in [6, 6.07) is 3.59. The number of rotatable bonds is 2. The van der Waals surface area contributed by atoms with Crippen molar-refractivity contribution in [1.82, 2.24) is 0 Å². The normalized spacial score (nSPS) is 15.4. The molecule has 1 aliphatic heterocycles. The summed E-state index contributed by atoms with van der Waals surface area (Å²) in [4.78, 5) is 0. The largest absolute Gasteiger partial charge is 0.496 e. The summed E-state index contributed by atoms with van der Waals surface area (Å²) in [7, 11) is 1.61. The first-order valence-electron chi connectivity index (χ1n) is 4.45. The van der Waals surface area contributed by atoms with Crippen LogP contribution in [0.5, 0.6) is 17.2 Å². The van der Waals surface area contributed by atoms with Gasteiger partial charge in [-0.15, -0.1) is 0 Å². The van der Waals surface area contributed by atoms with E-state index in [0.29, 0.717) is 5.75 Å². The first-order valence-corrected chi connectivity index (χ1v) is 4.45. The van der Waals surface area contributed by atoms with E-state index in [-0.39, 0.29) is 12.8 Å². The maximum atomic E-state index is 5.81. The van der Waals surface area contributed by atoms with Gasteiger partial charge >= 0.3 is 0 Å². The Hall–Kier alpha value is -1.42. The van der Waals surface area contributed by atoms with Gasteiger partial charge in [-0.2, -0.15) is 0 Å². The summed E-state index contributed by atoms with van der Waals surface area (Å²) in [5.74, 6) is 2.19. The Labute approximate surface area is 82.6 Å². The minimum absolute atomic E-state index is 0.0838. The lowest BCUT2D eigenvalue weighted by Crippen LogP contribution is -2.06. The highest BCUT2D eigenvalue weighted by atomic mass is 16.7. The first-order chi connectivity index (χ1) is 6.72. The maximum Gasteiger partial charge on any atom is 0.231 e. The molecule has 1 aromatic carbocycles. The number of benzene rings is 1. The van der Waals surface area contributed by atoms with Crippen LogP contribution in [0.1, 0.15) is 18.5 Å². The van der Waals surface area contributed by atoms with Crippen LogP contribution in [0, 0.1) is 0 Å². The highest BCUT2D eigenvalue weighted by Crippen LogP contribution is 2.39. The molecule has 2 N–H and O–H groups in total. The fraction of sp³-hybridized carbons (Fsp3) is 0.400. The number of methoxy groups -OCH3 is 1. The molecule has 0 aliphatic carbocycles. The Bertz CT molecular complexity index is 349. The van der Waals surface area contributed by atoms with Crippen LogP contribution in [0.2, 0.25) is 0 Å². The van der Waals surface area contributed by atoms with Crippen LogP contribution in [-0.4, -0.2) is 13.9 Å². The molecule has 1 atom stereocenters. The fourth-order valence-corrected chi connectivity index (χ4v) is 1.47. The van der Waals surface area contributed by atoms with Crippen molar-refractivity contribution in [2.45, 2.75) is 13.0 Å². The lowest BCUT2D eigenvalue weighted by atomic mass is 10.1. The molecular weight excluding hydrogens is 182 g/mol. The van der Waals surface area contributed by atoms with Gasteiger partial charge in [0.1, 0.15) is 5.75 Å². The molecule has 0 bridgehead atoms. The van der Waals surface area contributed by atoms with Gasteiger partial charge in [0.15, 0.2) is 11.5 Å². The zero-order valence-electron chi connectivity index (χ0n) is 8.24. The van der Waals surface area contributed by atoms with Gasteiger partial charge in [0.2, 0.25) is 6.79 Å². The van der Waals surface area contributed by atoms with Gasteiger partial charge in [-0.3, -0.25) is 0 Å². The van der Waals surface area contributed by atoms with Crippen molar-refractivity contribution in [2.24, 2.45) is 5.73 Å². The van der Waals surface area contributed by atoms with Crippen LogP contribution in [0.15, 0.2) is 12.1 Å². The SMILES string of the molecule is COc1cc2c(cc1[C@H](C)N)OCO2. The van der Waals surface area contributed by atoms with E-state index in [1.54, 1.807) is 13.2 Å². The Morgan fingerprint density at radius 1 is 1.36 bits per heavy atom. The lowest BCUT2D eigenvalue weighted by Gasteiger charge is -2.12. The maximum absolute atomic E-state index is 5.81. The molecule has 4 nitrogen and oxygen atoms in total. The van der Waals surface area contributed by atoms with Crippen LogP contribution in [0.25, 0.3) is 0 Å². The van der Waals surface area contributed by atoms with Crippen molar-refractivity contribution >= 4 is 0 Å². The molecule has 0 saturated heterocycles. The van der Waals surface area contributed by atoms with Crippen molar-refractivity contribution < 1.29 is 14.2 Å². The topological polar surface area (TPSA) is 53.7 Å². The summed E-state index contributed by atoms with van der Waals surface area (Å²) in [5, 5.41) is 0. The molecule has 0 unspecified atom stereocenters. The van der Waals surface area contributed by atoms with Gasteiger partial charge in [-0.1, -0.05) is 0 Å². The molecule has 76 valence electrons. The van der Waals surface area contributed by atoms with E-state index in [0.717, 1.165) is 17.1 Å². The summed E-state index contributed by atoms with van der Waals surface area (Å²) in [6.45, 7) is 2.17. The van der Waals surface area contributed by atoms with Gasteiger partial charge in [0.25, 0.3) is 0 Å². The van der Waals surface area contributed by atoms with Crippen molar-refractivity contribution in [3.8, 4) is 17.2 Å². The van der Waals surface area contributed by atoms with Gasteiger partial charge in [-0.25, -0.2) is 0 Å². The zero-order chi connectivity index (χ0) is 10.1. The molecule has 14 heavy (non-hydrogen) atoms. The molecule has 0 spiro atoms. The summed E-state index contributed by atoms with van der Waals surface area (Å²) in [5.41, 5.74) is 6.74. The monoisotopic (exact) mass is 195 g/mol. The highest BCUT2D eigenvalue weighted by Gasteiger charge is 2.19. The molecule has 0 fully saturated rings. The predicted octanol–water partition coefficient (Wildman–Crippen LogP) is 1.44. The summed E-state index contributed by atoms with van der Waals surface area (Å²) < 4.78 is 15.7. The molecule has 0 aromatic heterocycles. The van der Waals surface area contributed by atoms with Crippen LogP contribution in [0.3, 0.4) is 0 Å². The molecule has 1 aliphatic rings. The molecule has 1 heterocycles. The molecule has 0 saturated carbocycles. The van der Waals surface area contributed by atoms with Gasteiger partial charge in [0.05, 0.1) is 7.11 Å². The number of fused-ring (bicyclic) bond motifs is 1. The first kappa shape index (κ1) is 9.15. The predicted molar refractivity (Wildman–Crippen MR) is 51.7 cm³/mol. The Morgan fingerprint density at radius 2 is 2.00 bits per heavy atom. The van der Waals surface area contributed by atoms with E-state index in [1.807, 2.05) is 13.0 Å². The second-order valence-corrected chi connectivity index (χ2v) is 3.24. The molecule has 1 aromatic rings. The zero-order valence-corrected chi connectivity index (χ0v) is 8.24. The van der Waals surface area contributed by atoms with E-state index in [2.05, 4.69) is 0 Å². The van der Waals surface area contributed by atoms with Crippen LogP contribution in [-0.2, 0) is 0 Å². The van der Waals surface area contributed by atoms with Crippen molar-refractivity contribution in [2.75, 3.05) is 13.9 Å². The third-order valence-electron chi connectivity index (χ3n) is 2.22. The Balaban J connectivity index is 2.49. The Kier molecular flexibility index (Phi) is 2.21. The van der Waals surface area contributed by atoms with Gasteiger partial charge in [-0.05, 0) is 13.0 Å². The van der Waals surface area contributed by atoms with Crippen LogP contribution in [0.4, 0.5) is 0 Å². The van der Waals surface area contributed by atoms with E-state index in [1.165, 1.54) is 0 Å². The van der Waals surface area contributed by atoms with Crippen LogP contribution >= 0.6 is 0 Å². The summed E-state index contributed by atoms with van der Waals surface area (Å²) >= 11 is 0. The minimum atomic E-state index is -0.0838. The van der Waals surface area contributed by atoms with E-state index in [4.69, 9.17) is 19.9 Å². The standard InChI is InChI=1S/C10H13NO3/c1-6(11)7-3-9-10(14-5-13-9)4-8(7)12-2/h3-4,6H,5,11H2,1-2H3/t6-/m0/s1. The second-order valence-electron chi connectivity index (χ2n) is 3.24. The number of hydrogen-bond acceptors (Lipinski definition) is 4. The van der Waals surface area contributed by atoms with Crippen molar-refractivity contribution in [3.05, 3.63) is 17.7 Å². The second kappa shape index (κ2) is 3.38. The van der Waals surface area contributed by atoms with E-state index < -0.39 is 0 Å². The van der Waals surface area contributed by atoms with E-state index >= 15 is 0 Å². The average Bonchev–Trinajstić information content (AvgIpc) is 2.62. The average molecular weight is 195 g/mol. The molecule has 4 heteroatoms. The highest BCUT2D eigenvalue weighted by molar-refractivity contribution is 5.52. The number of hydrogen-bond donors (Lipinski definition) is 1. The number of nitrogens with two attached hydrogens (primary N) is 1. The minimum Gasteiger partial charge on any atom is -0.496 e. The van der Waals surface area contributed by atoms with Crippen LogP contribution < -0.4 is 19.9 Å². The number of ether oxygens (including phenoxy) is 3. The fourth-order valence-electron chi connectivity index (χ4n) is 1.47. The summed E-state index contributed by atoms with van der Waals surface area (Å²) in [6.07, 6.45) is 0. The van der Waals surface area contributed by atoms with E-state index in [9.17, 15) is 0 Å². The quantitative estimate of drug-likeness (QED) is 0.775. The third-order valence-corrected chi connectivity index (χ3v) is 2.22. The molecule has 0 amide bonds. The Morgan fingerprint density at radius 3 is 2.57 bits per heavy atom. The third kappa shape index (κ3) is 1.37. The van der Waals surface area contributed by atoms with Gasteiger partial charge < -0.3 is 19.9 Å². The molecule has 2 rings (SSSR count). The molecular formula is C10H13NO3. The van der Waals surface area contributed by atoms with Crippen molar-refractivity contribution in [1.29, 1.82) is 0 Å². The molecule has 0 radical (unpaired) electrons. The lowest BCUT2D eigenvalue weighted by molar-refractivity contribution is 0.174. The van der Waals surface area contributed by atoms with Gasteiger partial charge in [0, 0.05) is 17.7 Å². The van der Waals surface area contributed by atoms with Crippen molar-refractivity contribution in [3.63, 3.8) is 0 Å². The smallest absolute Gasteiger partial charge is 0.231 e.